The van der Waals surface area contributed by atoms with Gasteiger partial charge < -0.3 is 10.5 Å². The van der Waals surface area contributed by atoms with Crippen molar-refractivity contribution in [2.75, 3.05) is 12.3 Å². The number of halogens is 1. The molecule has 84 valence electrons. The van der Waals surface area contributed by atoms with Gasteiger partial charge in [-0.3, -0.25) is 0 Å². The van der Waals surface area contributed by atoms with E-state index in [9.17, 15) is 0 Å². The number of rotatable bonds is 3. The third-order valence-electron chi connectivity index (χ3n) is 2.08. The van der Waals surface area contributed by atoms with Crippen LogP contribution >= 0.6 is 11.6 Å². The lowest BCUT2D eigenvalue weighted by molar-refractivity contribution is 0.244. The lowest BCUT2D eigenvalue weighted by Gasteiger charge is -2.18. The maximum Gasteiger partial charge on any atom is 0.142 e. The topological polar surface area (TPSA) is 35.2 Å². The van der Waals surface area contributed by atoms with E-state index in [2.05, 4.69) is 20.8 Å². The molecule has 0 spiro atoms. The largest absolute Gasteiger partial charge is 0.491 e. The molecule has 0 fully saturated rings. The van der Waals surface area contributed by atoms with Crippen LogP contribution in [-0.4, -0.2) is 6.61 Å². The molecule has 0 aliphatic carbocycles. The minimum atomic E-state index is 0.279. The van der Waals surface area contributed by atoms with Gasteiger partial charge in [-0.2, -0.15) is 0 Å². The second-order valence-corrected chi connectivity index (χ2v) is 5.28. The maximum absolute atomic E-state index is 5.79. The van der Waals surface area contributed by atoms with E-state index in [-0.39, 0.29) is 5.41 Å². The molecular formula is C12H18ClNO. The van der Waals surface area contributed by atoms with E-state index < -0.39 is 0 Å². The smallest absolute Gasteiger partial charge is 0.142 e. The number of hydrogen-bond donors (Lipinski definition) is 1. The fourth-order valence-electron chi connectivity index (χ4n) is 1.12. The molecule has 1 aromatic rings. The maximum atomic E-state index is 5.79. The molecule has 0 aromatic heterocycles. The highest BCUT2D eigenvalue weighted by atomic mass is 35.5. The molecule has 0 heterocycles. The predicted octanol–water partition coefficient (Wildman–Crippen LogP) is 3.74. The van der Waals surface area contributed by atoms with Crippen molar-refractivity contribution < 1.29 is 4.74 Å². The first-order valence-electron chi connectivity index (χ1n) is 5.06. The number of nitrogen functional groups attached to an aromatic ring is 1. The summed E-state index contributed by atoms with van der Waals surface area (Å²) in [4.78, 5) is 0. The van der Waals surface area contributed by atoms with Crippen LogP contribution in [-0.2, 0) is 0 Å². The first-order valence-corrected chi connectivity index (χ1v) is 5.44. The van der Waals surface area contributed by atoms with Crippen LogP contribution in [0.15, 0.2) is 18.2 Å². The van der Waals surface area contributed by atoms with E-state index in [0.717, 1.165) is 6.42 Å². The highest BCUT2D eigenvalue weighted by molar-refractivity contribution is 6.30. The van der Waals surface area contributed by atoms with Gasteiger partial charge in [0, 0.05) is 5.02 Å². The van der Waals surface area contributed by atoms with E-state index in [1.165, 1.54) is 0 Å². The van der Waals surface area contributed by atoms with Crippen LogP contribution in [0.2, 0.25) is 5.02 Å². The number of nitrogens with two attached hydrogens (primary N) is 1. The van der Waals surface area contributed by atoms with Crippen LogP contribution in [0.3, 0.4) is 0 Å². The van der Waals surface area contributed by atoms with Crippen molar-refractivity contribution in [3.05, 3.63) is 23.2 Å². The first kappa shape index (κ1) is 12.2. The molecule has 3 heteroatoms. The van der Waals surface area contributed by atoms with Gasteiger partial charge in [0.25, 0.3) is 0 Å². The molecule has 0 radical (unpaired) electrons. The van der Waals surface area contributed by atoms with Crippen molar-refractivity contribution in [2.24, 2.45) is 5.41 Å². The van der Waals surface area contributed by atoms with Crippen molar-refractivity contribution in [1.29, 1.82) is 0 Å². The van der Waals surface area contributed by atoms with Crippen LogP contribution in [0, 0.1) is 5.41 Å². The normalized spacial score (nSPS) is 11.5. The quantitative estimate of drug-likeness (QED) is 0.799. The average Bonchev–Trinajstić information content (AvgIpc) is 2.07. The summed E-state index contributed by atoms with van der Waals surface area (Å²) in [6, 6.07) is 5.29. The van der Waals surface area contributed by atoms with E-state index in [1.807, 2.05) is 0 Å². The van der Waals surface area contributed by atoms with Gasteiger partial charge in [-0.15, -0.1) is 0 Å². The minimum Gasteiger partial charge on any atom is -0.491 e. The Bertz CT molecular complexity index is 331. The molecule has 2 nitrogen and oxygen atoms in total. The Balaban J connectivity index is 2.51. The third kappa shape index (κ3) is 4.43. The SMILES string of the molecule is CC(C)(C)CCOc1ccc(Cl)cc1N. The fourth-order valence-corrected chi connectivity index (χ4v) is 1.30. The summed E-state index contributed by atoms with van der Waals surface area (Å²) in [7, 11) is 0. The van der Waals surface area contributed by atoms with Crippen LogP contribution in [0.25, 0.3) is 0 Å². The number of hydrogen-bond acceptors (Lipinski definition) is 2. The summed E-state index contributed by atoms with van der Waals surface area (Å²) in [5, 5.41) is 0.635. The Morgan fingerprint density at radius 1 is 1.33 bits per heavy atom. The Morgan fingerprint density at radius 3 is 2.53 bits per heavy atom. The number of anilines is 1. The molecule has 2 N–H and O–H groups in total. The van der Waals surface area contributed by atoms with E-state index >= 15 is 0 Å². The molecule has 0 unspecified atom stereocenters. The van der Waals surface area contributed by atoms with Crippen LogP contribution < -0.4 is 10.5 Å². The van der Waals surface area contributed by atoms with Crippen LogP contribution in [0.5, 0.6) is 5.75 Å². The van der Waals surface area contributed by atoms with Gasteiger partial charge in [0.05, 0.1) is 12.3 Å². The Hall–Kier alpha value is -0.890. The molecule has 1 aromatic carbocycles. The van der Waals surface area contributed by atoms with Gasteiger partial charge in [-0.05, 0) is 30.0 Å². The van der Waals surface area contributed by atoms with Crippen molar-refractivity contribution >= 4 is 17.3 Å². The third-order valence-corrected chi connectivity index (χ3v) is 2.32. The van der Waals surface area contributed by atoms with E-state index in [4.69, 9.17) is 22.1 Å². The van der Waals surface area contributed by atoms with Crippen molar-refractivity contribution in [1.82, 2.24) is 0 Å². The number of ether oxygens (including phenoxy) is 1. The zero-order valence-corrected chi connectivity index (χ0v) is 10.3. The number of benzene rings is 1. The second-order valence-electron chi connectivity index (χ2n) is 4.84. The molecule has 0 amide bonds. The minimum absolute atomic E-state index is 0.279. The predicted molar refractivity (Wildman–Crippen MR) is 65.4 cm³/mol. The zero-order chi connectivity index (χ0) is 11.5. The fraction of sp³-hybridized carbons (Fsp3) is 0.500. The summed E-state index contributed by atoms with van der Waals surface area (Å²) in [6.07, 6.45) is 0.995. The van der Waals surface area contributed by atoms with Crippen molar-refractivity contribution in [3.8, 4) is 5.75 Å². The van der Waals surface area contributed by atoms with Crippen molar-refractivity contribution in [2.45, 2.75) is 27.2 Å². The summed E-state index contributed by atoms with van der Waals surface area (Å²) < 4.78 is 5.58. The Kier molecular flexibility index (Phi) is 3.86. The Morgan fingerprint density at radius 2 is 2.00 bits per heavy atom. The average molecular weight is 228 g/mol. The van der Waals surface area contributed by atoms with Gasteiger partial charge in [-0.25, -0.2) is 0 Å². The highest BCUT2D eigenvalue weighted by Gasteiger charge is 2.10. The highest BCUT2D eigenvalue weighted by Crippen LogP contribution is 2.26. The standard InChI is InChI=1S/C12H18ClNO/c1-12(2,3)6-7-15-11-5-4-9(13)8-10(11)14/h4-5,8H,6-7,14H2,1-3H3. The molecule has 0 aliphatic rings. The molecule has 0 saturated heterocycles. The van der Waals surface area contributed by atoms with Crippen LogP contribution in [0.4, 0.5) is 5.69 Å². The lowest BCUT2D eigenvalue weighted by Crippen LogP contribution is -2.11. The summed E-state index contributed by atoms with van der Waals surface area (Å²) in [6.45, 7) is 7.22. The Labute approximate surface area is 96.4 Å². The van der Waals surface area contributed by atoms with Gasteiger partial charge in [-0.1, -0.05) is 32.4 Å². The van der Waals surface area contributed by atoms with E-state index in [0.29, 0.717) is 23.1 Å². The van der Waals surface area contributed by atoms with Crippen molar-refractivity contribution in [3.63, 3.8) is 0 Å². The molecular weight excluding hydrogens is 210 g/mol. The van der Waals surface area contributed by atoms with Gasteiger partial charge in [0.2, 0.25) is 0 Å². The first-order chi connectivity index (χ1) is 6.88. The van der Waals surface area contributed by atoms with Crippen LogP contribution in [0.1, 0.15) is 27.2 Å². The molecule has 15 heavy (non-hydrogen) atoms. The molecule has 0 aliphatic heterocycles. The summed E-state index contributed by atoms with van der Waals surface area (Å²) >= 11 is 5.79. The van der Waals surface area contributed by atoms with E-state index in [1.54, 1.807) is 18.2 Å². The molecule has 0 atom stereocenters. The molecule has 0 saturated carbocycles. The zero-order valence-electron chi connectivity index (χ0n) is 9.51. The lowest BCUT2D eigenvalue weighted by atomic mass is 9.93. The van der Waals surface area contributed by atoms with Gasteiger partial charge in [0.15, 0.2) is 0 Å². The summed E-state index contributed by atoms with van der Waals surface area (Å²) in [5.41, 5.74) is 6.63. The van der Waals surface area contributed by atoms with Gasteiger partial charge in [0.1, 0.15) is 5.75 Å². The van der Waals surface area contributed by atoms with Gasteiger partial charge >= 0.3 is 0 Å². The monoisotopic (exact) mass is 227 g/mol. The molecule has 0 bridgehead atoms. The molecule has 1 rings (SSSR count). The summed E-state index contributed by atoms with van der Waals surface area (Å²) in [5.74, 6) is 0.712. The second kappa shape index (κ2) is 4.75.